The normalized spacial score (nSPS) is 15.3. The summed E-state index contributed by atoms with van der Waals surface area (Å²) in [6, 6.07) is 12.0. The lowest BCUT2D eigenvalue weighted by atomic mass is 10.1. The molecule has 0 bridgehead atoms. The van der Waals surface area contributed by atoms with Crippen LogP contribution in [0.15, 0.2) is 35.4 Å². The van der Waals surface area contributed by atoms with Crippen molar-refractivity contribution >= 4 is 17.7 Å². The van der Waals surface area contributed by atoms with Crippen LogP contribution in [0.5, 0.6) is 0 Å². The van der Waals surface area contributed by atoms with Gasteiger partial charge in [0.25, 0.3) is 0 Å². The highest BCUT2D eigenvalue weighted by Gasteiger charge is 2.30. The Morgan fingerprint density at radius 3 is 2.48 bits per heavy atom. The minimum atomic E-state index is -0.439. The number of aromatic nitrogens is 1. The molecule has 0 aliphatic carbocycles. The Bertz CT molecular complexity index is 871. The van der Waals surface area contributed by atoms with Gasteiger partial charge >= 0.3 is 0 Å². The summed E-state index contributed by atoms with van der Waals surface area (Å²) in [5.74, 6) is 0.0380. The number of hydrogen-bond donors (Lipinski definition) is 0. The summed E-state index contributed by atoms with van der Waals surface area (Å²) in [4.78, 5) is 19.8. The van der Waals surface area contributed by atoms with Crippen molar-refractivity contribution in [2.45, 2.75) is 31.0 Å². The number of morpholine rings is 1. The van der Waals surface area contributed by atoms with Crippen molar-refractivity contribution < 1.29 is 9.53 Å². The van der Waals surface area contributed by atoms with Gasteiger partial charge in [0, 0.05) is 18.8 Å². The zero-order valence-corrected chi connectivity index (χ0v) is 16.7. The summed E-state index contributed by atoms with van der Waals surface area (Å²) < 4.78 is 5.38. The minimum absolute atomic E-state index is 0.0380. The van der Waals surface area contributed by atoms with Gasteiger partial charge < -0.3 is 9.64 Å². The second-order valence-corrected chi connectivity index (χ2v) is 7.68. The second kappa shape index (κ2) is 8.55. The molecule has 0 radical (unpaired) electrons. The largest absolute Gasteiger partial charge is 0.378 e. The number of amides is 1. The summed E-state index contributed by atoms with van der Waals surface area (Å²) in [5.41, 5.74) is 4.31. The Labute approximate surface area is 164 Å². The molecule has 0 spiro atoms. The van der Waals surface area contributed by atoms with Crippen LogP contribution >= 0.6 is 11.8 Å². The van der Waals surface area contributed by atoms with Gasteiger partial charge in [-0.25, -0.2) is 4.98 Å². The van der Waals surface area contributed by atoms with Crippen LogP contribution in [0.4, 0.5) is 0 Å². The van der Waals surface area contributed by atoms with Crippen LogP contribution in [0.25, 0.3) is 0 Å². The van der Waals surface area contributed by atoms with E-state index in [9.17, 15) is 10.1 Å². The van der Waals surface area contributed by atoms with Crippen LogP contribution < -0.4 is 0 Å². The smallest absolute Gasteiger partial charge is 0.240 e. The van der Waals surface area contributed by atoms with Crippen LogP contribution in [0.2, 0.25) is 0 Å². The average molecular weight is 382 g/mol. The number of carbonyl (C=O) groups is 1. The molecule has 1 saturated heterocycles. The predicted octanol–water partition coefficient (Wildman–Crippen LogP) is 3.57. The number of thioether (sulfide) groups is 1. The van der Waals surface area contributed by atoms with Gasteiger partial charge in [0.15, 0.2) is 0 Å². The fourth-order valence-corrected chi connectivity index (χ4v) is 4.35. The van der Waals surface area contributed by atoms with E-state index >= 15 is 0 Å². The molecule has 3 rings (SSSR count). The van der Waals surface area contributed by atoms with Crippen molar-refractivity contribution in [1.82, 2.24) is 9.88 Å². The summed E-state index contributed by atoms with van der Waals surface area (Å²) in [7, 11) is 0. The second-order valence-electron chi connectivity index (χ2n) is 6.59. The zero-order valence-electron chi connectivity index (χ0n) is 15.9. The molecule has 2 aromatic rings. The number of nitrogens with zero attached hydrogens (tertiary/aromatic N) is 3. The lowest BCUT2D eigenvalue weighted by Crippen LogP contribution is -2.42. The van der Waals surface area contributed by atoms with Gasteiger partial charge in [-0.05, 0) is 37.5 Å². The number of aryl methyl sites for hydroxylation is 1. The number of ether oxygens (including phenoxy) is 1. The van der Waals surface area contributed by atoms with E-state index in [0.717, 1.165) is 22.4 Å². The number of nitriles is 1. The van der Waals surface area contributed by atoms with Crippen molar-refractivity contribution in [3.63, 3.8) is 0 Å². The number of benzene rings is 1. The van der Waals surface area contributed by atoms with E-state index in [4.69, 9.17) is 4.74 Å². The highest BCUT2D eigenvalue weighted by Crippen LogP contribution is 2.39. The molecule has 6 heteroatoms. The monoisotopic (exact) mass is 381 g/mol. The standard InChI is InChI=1S/C21H23N3O2S/c1-14-15(2)18(13-22)20(23-16(14)3)27-19(17-7-5-4-6-8-17)21(25)24-9-11-26-12-10-24/h4-8,19H,9-12H2,1-3H3/t19-/m1/s1. The third kappa shape index (κ3) is 4.15. The Morgan fingerprint density at radius 1 is 1.19 bits per heavy atom. The molecule has 1 aliphatic heterocycles. The number of pyridine rings is 1. The Morgan fingerprint density at radius 2 is 1.85 bits per heavy atom. The van der Waals surface area contributed by atoms with E-state index < -0.39 is 5.25 Å². The molecule has 1 aromatic heterocycles. The maximum Gasteiger partial charge on any atom is 0.240 e. The summed E-state index contributed by atoms with van der Waals surface area (Å²) >= 11 is 1.37. The van der Waals surface area contributed by atoms with Gasteiger partial charge in [-0.1, -0.05) is 42.1 Å². The molecule has 5 nitrogen and oxygen atoms in total. The predicted molar refractivity (Wildman–Crippen MR) is 106 cm³/mol. The van der Waals surface area contributed by atoms with Crippen LogP contribution in [0.3, 0.4) is 0 Å². The van der Waals surface area contributed by atoms with E-state index in [1.807, 2.05) is 56.0 Å². The summed E-state index contributed by atoms with van der Waals surface area (Å²) in [6.45, 7) is 8.15. The summed E-state index contributed by atoms with van der Waals surface area (Å²) in [6.07, 6.45) is 0. The molecule has 27 heavy (non-hydrogen) atoms. The van der Waals surface area contributed by atoms with Crippen molar-refractivity contribution in [2.75, 3.05) is 26.3 Å². The van der Waals surface area contributed by atoms with Crippen molar-refractivity contribution in [3.05, 3.63) is 58.3 Å². The molecule has 1 amide bonds. The summed E-state index contributed by atoms with van der Waals surface area (Å²) in [5, 5.41) is 9.85. The minimum Gasteiger partial charge on any atom is -0.378 e. The number of rotatable bonds is 4. The lowest BCUT2D eigenvalue weighted by molar-refractivity contribution is -0.134. The molecule has 1 aliphatic rings. The molecule has 1 aromatic carbocycles. The highest BCUT2D eigenvalue weighted by molar-refractivity contribution is 8.00. The maximum absolute atomic E-state index is 13.3. The average Bonchev–Trinajstić information content (AvgIpc) is 2.71. The number of carbonyl (C=O) groups excluding carboxylic acids is 1. The number of hydrogen-bond acceptors (Lipinski definition) is 5. The van der Waals surface area contributed by atoms with Crippen LogP contribution in [-0.2, 0) is 9.53 Å². The van der Waals surface area contributed by atoms with Crippen LogP contribution in [-0.4, -0.2) is 42.1 Å². The van der Waals surface area contributed by atoms with Crippen molar-refractivity contribution in [2.24, 2.45) is 0 Å². The molecule has 0 unspecified atom stereocenters. The van der Waals surface area contributed by atoms with E-state index in [1.54, 1.807) is 0 Å². The first-order valence-electron chi connectivity index (χ1n) is 8.99. The molecule has 1 fully saturated rings. The van der Waals surface area contributed by atoms with Crippen molar-refractivity contribution in [1.29, 1.82) is 5.26 Å². The quantitative estimate of drug-likeness (QED) is 0.758. The first kappa shape index (κ1) is 19.4. The fraction of sp³-hybridized carbons (Fsp3) is 0.381. The van der Waals surface area contributed by atoms with Crippen LogP contribution in [0, 0.1) is 32.1 Å². The third-order valence-electron chi connectivity index (χ3n) is 4.95. The molecular formula is C21H23N3O2S. The van der Waals surface area contributed by atoms with Gasteiger partial charge in [0.1, 0.15) is 16.3 Å². The Hall–Kier alpha value is -2.36. The SMILES string of the molecule is Cc1nc(S[C@@H](C(=O)N2CCOCC2)c2ccccc2)c(C#N)c(C)c1C. The van der Waals surface area contributed by atoms with Gasteiger partial charge in [0.2, 0.25) is 5.91 Å². The molecule has 0 N–H and O–H groups in total. The van der Waals surface area contributed by atoms with E-state index in [2.05, 4.69) is 11.1 Å². The third-order valence-corrected chi connectivity index (χ3v) is 6.18. The van der Waals surface area contributed by atoms with Gasteiger partial charge in [-0.15, -0.1) is 0 Å². The van der Waals surface area contributed by atoms with Crippen LogP contribution in [0.1, 0.15) is 33.2 Å². The maximum atomic E-state index is 13.3. The molecule has 0 saturated carbocycles. The van der Waals surface area contributed by atoms with Gasteiger partial charge in [0.05, 0.1) is 18.8 Å². The fourth-order valence-electron chi connectivity index (χ4n) is 3.08. The van der Waals surface area contributed by atoms with Gasteiger partial charge in [-0.3, -0.25) is 4.79 Å². The van der Waals surface area contributed by atoms with Crippen molar-refractivity contribution in [3.8, 4) is 6.07 Å². The molecule has 140 valence electrons. The molecule has 2 heterocycles. The first-order valence-corrected chi connectivity index (χ1v) is 9.87. The topological polar surface area (TPSA) is 66.2 Å². The highest BCUT2D eigenvalue weighted by atomic mass is 32.2. The molecule has 1 atom stereocenters. The van der Waals surface area contributed by atoms with E-state index in [-0.39, 0.29) is 5.91 Å². The van der Waals surface area contributed by atoms with E-state index in [1.165, 1.54) is 11.8 Å². The molecular weight excluding hydrogens is 358 g/mol. The van der Waals surface area contributed by atoms with E-state index in [0.29, 0.717) is 36.9 Å². The van der Waals surface area contributed by atoms with Gasteiger partial charge in [-0.2, -0.15) is 5.26 Å². The lowest BCUT2D eigenvalue weighted by Gasteiger charge is -2.30. The zero-order chi connectivity index (χ0) is 19.4. The Balaban J connectivity index is 2.00. The Kier molecular flexibility index (Phi) is 6.15. The first-order chi connectivity index (χ1) is 13.0.